The average Bonchev–Trinajstić information content (AvgIpc) is 2.43. The number of nitrogens with one attached hydrogen (secondary N) is 1. The van der Waals surface area contributed by atoms with Gasteiger partial charge in [0, 0.05) is 23.8 Å². The highest BCUT2D eigenvalue weighted by molar-refractivity contribution is 6.39. The first-order valence-corrected chi connectivity index (χ1v) is 7.21. The summed E-state index contributed by atoms with van der Waals surface area (Å²) in [5.41, 5.74) is 1.46. The summed E-state index contributed by atoms with van der Waals surface area (Å²) in [5, 5.41) is 3.18. The normalized spacial score (nSPS) is 16.1. The minimum absolute atomic E-state index is 0.462. The number of benzene rings is 1. The van der Waals surface area contributed by atoms with Gasteiger partial charge in [0.2, 0.25) is 0 Å². The lowest BCUT2D eigenvalue weighted by Crippen LogP contribution is -2.43. The molecule has 0 atom stereocenters. The molecule has 1 aromatic rings. The van der Waals surface area contributed by atoms with Gasteiger partial charge in [-0.15, -0.1) is 0 Å². The van der Waals surface area contributed by atoms with E-state index in [1.807, 2.05) is 13.0 Å². The van der Waals surface area contributed by atoms with Crippen LogP contribution in [0.2, 0.25) is 5.02 Å². The lowest BCUT2D eigenvalue weighted by molar-refractivity contribution is -0.144. The van der Waals surface area contributed by atoms with Crippen LogP contribution in [-0.4, -0.2) is 29.8 Å². The number of halogens is 1. The molecule has 0 radical (unpaired) electrons. The van der Waals surface area contributed by atoms with E-state index in [4.69, 9.17) is 11.6 Å². The van der Waals surface area contributed by atoms with Crippen LogP contribution in [0, 0.1) is 12.8 Å². The van der Waals surface area contributed by atoms with Crippen molar-refractivity contribution in [1.82, 2.24) is 4.90 Å². The Morgan fingerprint density at radius 3 is 2.60 bits per heavy atom. The van der Waals surface area contributed by atoms with Gasteiger partial charge in [-0.05, 0) is 43.4 Å². The number of piperidine rings is 1. The number of hydrogen-bond donors (Lipinski definition) is 1. The summed E-state index contributed by atoms with van der Waals surface area (Å²) in [6.45, 7) is 5.33. The predicted octanol–water partition coefficient (Wildman–Crippen LogP) is 2.85. The molecular weight excluding hydrogens is 276 g/mol. The first-order valence-electron chi connectivity index (χ1n) is 6.84. The number of carbonyl (C=O) groups is 2. The molecule has 1 N–H and O–H groups in total. The number of likely N-dealkylation sites (tertiary alicyclic amines) is 1. The summed E-state index contributed by atoms with van der Waals surface area (Å²) in [6, 6.07) is 5.21. The van der Waals surface area contributed by atoms with Crippen LogP contribution in [0.3, 0.4) is 0 Å². The lowest BCUT2D eigenvalue weighted by Gasteiger charge is -2.29. The maximum Gasteiger partial charge on any atom is 0.313 e. The zero-order valence-corrected chi connectivity index (χ0v) is 12.5. The van der Waals surface area contributed by atoms with Crippen LogP contribution in [0.5, 0.6) is 0 Å². The lowest BCUT2D eigenvalue weighted by atomic mass is 9.99. The monoisotopic (exact) mass is 294 g/mol. The molecule has 1 saturated heterocycles. The van der Waals surface area contributed by atoms with Crippen LogP contribution in [0.15, 0.2) is 18.2 Å². The SMILES string of the molecule is Cc1ccc(Cl)cc1NC(=O)C(=O)N1CCC(C)CC1. The zero-order valence-electron chi connectivity index (χ0n) is 11.8. The molecule has 0 aliphatic carbocycles. The highest BCUT2D eigenvalue weighted by Crippen LogP contribution is 2.21. The van der Waals surface area contributed by atoms with Gasteiger partial charge < -0.3 is 10.2 Å². The second-order valence-electron chi connectivity index (χ2n) is 5.39. The molecule has 1 aliphatic heterocycles. The molecule has 1 fully saturated rings. The summed E-state index contributed by atoms with van der Waals surface area (Å²) < 4.78 is 0. The second kappa shape index (κ2) is 6.27. The average molecular weight is 295 g/mol. The molecule has 1 heterocycles. The van der Waals surface area contributed by atoms with Gasteiger partial charge in [-0.1, -0.05) is 24.6 Å². The van der Waals surface area contributed by atoms with Crippen molar-refractivity contribution < 1.29 is 9.59 Å². The van der Waals surface area contributed by atoms with E-state index in [1.165, 1.54) is 0 Å². The van der Waals surface area contributed by atoms with Crippen LogP contribution in [0.1, 0.15) is 25.3 Å². The third kappa shape index (κ3) is 3.51. The molecule has 0 spiro atoms. The molecule has 20 heavy (non-hydrogen) atoms. The fourth-order valence-corrected chi connectivity index (χ4v) is 2.43. The summed E-state index contributed by atoms with van der Waals surface area (Å²) in [7, 11) is 0. The number of hydrogen-bond acceptors (Lipinski definition) is 2. The summed E-state index contributed by atoms with van der Waals surface area (Å²) >= 11 is 5.90. The molecule has 1 aromatic carbocycles. The van der Waals surface area contributed by atoms with Crippen LogP contribution in [0.4, 0.5) is 5.69 Å². The largest absolute Gasteiger partial charge is 0.334 e. The van der Waals surface area contributed by atoms with Gasteiger partial charge in [-0.25, -0.2) is 0 Å². The maximum absolute atomic E-state index is 12.1. The maximum atomic E-state index is 12.1. The Bertz CT molecular complexity index is 523. The van der Waals surface area contributed by atoms with Crippen molar-refractivity contribution in [1.29, 1.82) is 0 Å². The second-order valence-corrected chi connectivity index (χ2v) is 5.82. The molecular formula is C15H19ClN2O2. The third-order valence-corrected chi connectivity index (χ3v) is 3.95. The molecule has 4 nitrogen and oxygen atoms in total. The standard InChI is InChI=1S/C15H19ClN2O2/c1-10-5-7-18(8-6-10)15(20)14(19)17-13-9-12(16)4-3-11(13)2/h3-4,9-10H,5-8H2,1-2H3,(H,17,19). The Morgan fingerprint density at radius 1 is 1.30 bits per heavy atom. The minimum atomic E-state index is -0.593. The van der Waals surface area contributed by atoms with Crippen LogP contribution < -0.4 is 5.32 Å². The van der Waals surface area contributed by atoms with E-state index in [0.717, 1.165) is 18.4 Å². The van der Waals surface area contributed by atoms with Gasteiger partial charge in [-0.2, -0.15) is 0 Å². The Labute approximate surface area is 124 Å². The predicted molar refractivity (Wildman–Crippen MR) is 79.8 cm³/mol. The Balaban J connectivity index is 2.01. The van der Waals surface area contributed by atoms with Crippen molar-refractivity contribution >= 4 is 29.1 Å². The highest BCUT2D eigenvalue weighted by Gasteiger charge is 2.25. The zero-order chi connectivity index (χ0) is 14.7. The fraction of sp³-hybridized carbons (Fsp3) is 0.467. The van der Waals surface area contributed by atoms with Crippen molar-refractivity contribution in [2.45, 2.75) is 26.7 Å². The quantitative estimate of drug-likeness (QED) is 0.810. The Hall–Kier alpha value is -1.55. The van der Waals surface area contributed by atoms with E-state index in [9.17, 15) is 9.59 Å². The van der Waals surface area contributed by atoms with Crippen molar-refractivity contribution in [3.8, 4) is 0 Å². The smallest absolute Gasteiger partial charge is 0.313 e. The summed E-state index contributed by atoms with van der Waals surface area (Å²) in [6.07, 6.45) is 1.91. The van der Waals surface area contributed by atoms with E-state index >= 15 is 0 Å². The molecule has 0 saturated carbocycles. The van der Waals surface area contributed by atoms with E-state index in [0.29, 0.717) is 29.7 Å². The number of nitrogens with zero attached hydrogens (tertiary/aromatic N) is 1. The molecule has 0 unspecified atom stereocenters. The molecule has 108 valence electrons. The number of rotatable bonds is 1. The van der Waals surface area contributed by atoms with Gasteiger partial charge in [0.15, 0.2) is 0 Å². The van der Waals surface area contributed by atoms with Gasteiger partial charge in [0.05, 0.1) is 0 Å². The topological polar surface area (TPSA) is 49.4 Å². The Kier molecular flexibility index (Phi) is 4.65. The highest BCUT2D eigenvalue weighted by atomic mass is 35.5. The van der Waals surface area contributed by atoms with E-state index < -0.39 is 11.8 Å². The number of anilines is 1. The molecule has 0 aromatic heterocycles. The van der Waals surface area contributed by atoms with Crippen LogP contribution in [0.25, 0.3) is 0 Å². The van der Waals surface area contributed by atoms with Gasteiger partial charge in [-0.3, -0.25) is 9.59 Å². The molecule has 1 aliphatic rings. The summed E-state index contributed by atoms with van der Waals surface area (Å²) in [4.78, 5) is 25.7. The van der Waals surface area contributed by atoms with Gasteiger partial charge in [0.25, 0.3) is 0 Å². The van der Waals surface area contributed by atoms with E-state index in [-0.39, 0.29) is 0 Å². The molecule has 2 rings (SSSR count). The molecule has 2 amide bonds. The first kappa shape index (κ1) is 14.9. The van der Waals surface area contributed by atoms with E-state index in [2.05, 4.69) is 12.2 Å². The first-order chi connectivity index (χ1) is 9.47. The number of amides is 2. The summed E-state index contributed by atoms with van der Waals surface area (Å²) in [5.74, 6) is -0.432. The van der Waals surface area contributed by atoms with Gasteiger partial charge in [0.1, 0.15) is 0 Å². The number of carbonyl (C=O) groups excluding carboxylic acids is 2. The van der Waals surface area contributed by atoms with Crippen molar-refractivity contribution in [2.24, 2.45) is 5.92 Å². The van der Waals surface area contributed by atoms with Crippen LogP contribution >= 0.6 is 11.6 Å². The van der Waals surface area contributed by atoms with E-state index in [1.54, 1.807) is 17.0 Å². The van der Waals surface area contributed by atoms with Crippen molar-refractivity contribution in [3.63, 3.8) is 0 Å². The van der Waals surface area contributed by atoms with Crippen LogP contribution in [-0.2, 0) is 9.59 Å². The molecule has 0 bridgehead atoms. The fourth-order valence-electron chi connectivity index (χ4n) is 2.26. The minimum Gasteiger partial charge on any atom is -0.334 e. The number of aryl methyl sites for hydroxylation is 1. The Morgan fingerprint density at radius 2 is 1.95 bits per heavy atom. The van der Waals surface area contributed by atoms with Crippen molar-refractivity contribution in [3.05, 3.63) is 28.8 Å². The third-order valence-electron chi connectivity index (χ3n) is 3.71. The van der Waals surface area contributed by atoms with Crippen molar-refractivity contribution in [2.75, 3.05) is 18.4 Å². The van der Waals surface area contributed by atoms with Gasteiger partial charge >= 0.3 is 11.8 Å². The molecule has 5 heteroatoms.